The fraction of sp³-hybridized carbons (Fsp3) is 0.625. The zero-order chi connectivity index (χ0) is 22.1. The number of carbonyl (C=O) groups excluding carboxylic acids is 3. The first kappa shape index (κ1) is 21.2. The highest BCUT2D eigenvalue weighted by atomic mass is 19.1. The molecule has 0 aromatic heterocycles. The van der Waals surface area contributed by atoms with Crippen LogP contribution in [0.4, 0.5) is 4.39 Å². The van der Waals surface area contributed by atoms with Crippen molar-refractivity contribution in [1.29, 1.82) is 0 Å². The first-order valence-electron chi connectivity index (χ1n) is 10.6. The van der Waals surface area contributed by atoms with Crippen molar-refractivity contribution in [1.82, 2.24) is 0 Å². The predicted molar refractivity (Wildman–Crippen MR) is 108 cm³/mol. The number of halogens is 1. The normalized spacial score (nSPS) is 42.3. The van der Waals surface area contributed by atoms with E-state index in [-0.39, 0.29) is 24.5 Å². The molecule has 3 unspecified atom stereocenters. The molecule has 0 saturated heterocycles. The van der Waals surface area contributed by atoms with E-state index in [4.69, 9.17) is 4.74 Å². The minimum absolute atomic E-state index is 0.0441. The van der Waals surface area contributed by atoms with Gasteiger partial charge in [-0.3, -0.25) is 14.4 Å². The first-order valence-corrected chi connectivity index (χ1v) is 10.6. The standard InChI is InChI=1S/C24H29FO5/c1-13-9-18-16-11-20(25)19-10-15(27)5-7-22(19,3)17(16)6-8-23(18,4)24(13,29)21(28)12-30-14(2)26/h5-7,13,19-20,29H,8-12H2,1-4H3/t13?,19?,20?,22-,23+,24+/m1/s1. The number of fused-ring (bicyclic) bond motifs is 4. The summed E-state index contributed by atoms with van der Waals surface area (Å²) in [5, 5.41) is 11.6. The molecule has 0 heterocycles. The molecule has 5 nitrogen and oxygen atoms in total. The van der Waals surface area contributed by atoms with Crippen molar-refractivity contribution in [2.75, 3.05) is 6.61 Å². The van der Waals surface area contributed by atoms with Crippen molar-refractivity contribution in [2.24, 2.45) is 22.7 Å². The lowest BCUT2D eigenvalue weighted by Gasteiger charge is -2.51. The van der Waals surface area contributed by atoms with E-state index in [1.807, 2.05) is 32.9 Å². The van der Waals surface area contributed by atoms with E-state index in [0.29, 0.717) is 12.8 Å². The molecule has 6 atom stereocenters. The van der Waals surface area contributed by atoms with Crippen molar-refractivity contribution < 1.29 is 28.6 Å². The molecule has 0 spiro atoms. The van der Waals surface area contributed by atoms with Crippen LogP contribution in [0.2, 0.25) is 0 Å². The maximum absolute atomic E-state index is 15.3. The number of rotatable bonds is 3. The summed E-state index contributed by atoms with van der Waals surface area (Å²) in [7, 11) is 0. The van der Waals surface area contributed by atoms with E-state index >= 15 is 4.39 Å². The van der Waals surface area contributed by atoms with Gasteiger partial charge < -0.3 is 9.84 Å². The molecule has 0 aliphatic heterocycles. The van der Waals surface area contributed by atoms with Gasteiger partial charge in [-0.2, -0.15) is 0 Å². The number of allylic oxidation sites excluding steroid dienone is 5. The van der Waals surface area contributed by atoms with Gasteiger partial charge >= 0.3 is 5.97 Å². The number of ketones is 2. The van der Waals surface area contributed by atoms with Crippen LogP contribution in [0, 0.1) is 22.7 Å². The van der Waals surface area contributed by atoms with Gasteiger partial charge in [-0.05, 0) is 36.0 Å². The maximum atomic E-state index is 15.3. The molecule has 4 aliphatic carbocycles. The SMILES string of the molecule is CC(=O)OCC(=O)[C@@]1(O)C(C)CC2=C3CC(F)C4CC(=O)C=C[C@]4(C)C3=CC[C@@]21C. The summed E-state index contributed by atoms with van der Waals surface area (Å²) in [5.41, 5.74) is -0.285. The van der Waals surface area contributed by atoms with E-state index in [9.17, 15) is 19.5 Å². The predicted octanol–water partition coefficient (Wildman–Crippen LogP) is 3.42. The van der Waals surface area contributed by atoms with Gasteiger partial charge in [-0.15, -0.1) is 0 Å². The third kappa shape index (κ3) is 2.65. The minimum Gasteiger partial charge on any atom is -0.458 e. The Labute approximate surface area is 176 Å². The zero-order valence-corrected chi connectivity index (χ0v) is 18.0. The summed E-state index contributed by atoms with van der Waals surface area (Å²) in [6, 6.07) is 0. The van der Waals surface area contributed by atoms with Crippen LogP contribution in [-0.2, 0) is 19.1 Å². The summed E-state index contributed by atoms with van der Waals surface area (Å²) in [6.07, 6.45) is 5.58. The number of carbonyl (C=O) groups is 3. The monoisotopic (exact) mass is 416 g/mol. The molecule has 0 amide bonds. The van der Waals surface area contributed by atoms with Crippen molar-refractivity contribution >= 4 is 17.5 Å². The molecule has 4 rings (SSSR count). The highest BCUT2D eigenvalue weighted by Crippen LogP contribution is 2.64. The summed E-state index contributed by atoms with van der Waals surface area (Å²) >= 11 is 0. The third-order valence-electron chi connectivity index (χ3n) is 8.19. The summed E-state index contributed by atoms with van der Waals surface area (Å²) < 4.78 is 20.2. The second-order valence-electron chi connectivity index (χ2n) is 9.80. The highest BCUT2D eigenvalue weighted by molar-refractivity contribution is 5.93. The fourth-order valence-corrected chi connectivity index (χ4v) is 6.43. The number of Topliss-reactive ketones (excluding diaryl/α,β-unsaturated/α-hetero) is 1. The lowest BCUT2D eigenvalue weighted by molar-refractivity contribution is -0.162. The molecule has 162 valence electrons. The molecule has 30 heavy (non-hydrogen) atoms. The molecule has 4 aliphatic rings. The van der Waals surface area contributed by atoms with Gasteiger partial charge in [0.05, 0.1) is 0 Å². The van der Waals surface area contributed by atoms with Crippen LogP contribution < -0.4 is 0 Å². The molecule has 0 aromatic rings. The molecule has 0 aromatic carbocycles. The Kier molecular flexibility index (Phi) is 4.73. The summed E-state index contributed by atoms with van der Waals surface area (Å²) in [4.78, 5) is 36.1. The molecule has 1 N–H and O–H groups in total. The Hall–Kier alpha value is -2.08. The second kappa shape index (κ2) is 6.71. The van der Waals surface area contributed by atoms with Gasteiger partial charge in [-0.25, -0.2) is 4.39 Å². The number of hydrogen-bond acceptors (Lipinski definition) is 5. The van der Waals surface area contributed by atoms with E-state index < -0.39 is 46.9 Å². The van der Waals surface area contributed by atoms with E-state index in [0.717, 1.165) is 16.7 Å². The minimum atomic E-state index is -1.69. The topological polar surface area (TPSA) is 80.7 Å². The lowest BCUT2D eigenvalue weighted by atomic mass is 9.54. The number of esters is 1. The van der Waals surface area contributed by atoms with Gasteiger partial charge in [0.25, 0.3) is 0 Å². The molecule has 0 bridgehead atoms. The van der Waals surface area contributed by atoms with Crippen LogP contribution in [0.1, 0.15) is 53.4 Å². The van der Waals surface area contributed by atoms with Crippen LogP contribution in [0.5, 0.6) is 0 Å². The quantitative estimate of drug-likeness (QED) is 0.713. The third-order valence-corrected chi connectivity index (χ3v) is 8.19. The average molecular weight is 416 g/mol. The van der Waals surface area contributed by atoms with E-state index in [1.165, 1.54) is 6.92 Å². The van der Waals surface area contributed by atoms with Crippen LogP contribution in [0.3, 0.4) is 0 Å². The number of aliphatic hydroxyl groups is 1. The summed E-state index contributed by atoms with van der Waals surface area (Å²) in [6.45, 7) is 6.42. The average Bonchev–Trinajstić information content (AvgIpc) is 2.89. The highest BCUT2D eigenvalue weighted by Gasteiger charge is 2.64. The Morgan fingerprint density at radius 1 is 1.27 bits per heavy atom. The Morgan fingerprint density at radius 2 is 1.97 bits per heavy atom. The molecular weight excluding hydrogens is 387 g/mol. The van der Waals surface area contributed by atoms with Crippen LogP contribution in [0.15, 0.2) is 34.9 Å². The number of alkyl halides is 1. The molecule has 2 fully saturated rings. The molecular formula is C24H29FO5. The zero-order valence-electron chi connectivity index (χ0n) is 18.0. The number of hydrogen-bond donors (Lipinski definition) is 1. The van der Waals surface area contributed by atoms with Crippen molar-refractivity contribution in [3.05, 3.63) is 34.9 Å². The van der Waals surface area contributed by atoms with Gasteiger partial charge in [-0.1, -0.05) is 38.5 Å². The van der Waals surface area contributed by atoms with Gasteiger partial charge in [0, 0.05) is 36.5 Å². The number of ether oxygens (including phenoxy) is 1. The van der Waals surface area contributed by atoms with E-state index in [1.54, 1.807) is 6.08 Å². The lowest BCUT2D eigenvalue weighted by Crippen LogP contribution is -2.55. The van der Waals surface area contributed by atoms with Gasteiger partial charge in [0.15, 0.2) is 12.4 Å². The smallest absolute Gasteiger partial charge is 0.303 e. The molecule has 0 radical (unpaired) electrons. The maximum Gasteiger partial charge on any atom is 0.303 e. The molecule has 6 heteroatoms. The Morgan fingerprint density at radius 3 is 2.63 bits per heavy atom. The van der Waals surface area contributed by atoms with Crippen molar-refractivity contribution in [3.8, 4) is 0 Å². The van der Waals surface area contributed by atoms with Crippen LogP contribution in [-0.4, -0.2) is 41.0 Å². The van der Waals surface area contributed by atoms with Crippen molar-refractivity contribution in [3.63, 3.8) is 0 Å². The second-order valence-corrected chi connectivity index (χ2v) is 9.80. The largest absolute Gasteiger partial charge is 0.458 e. The Balaban J connectivity index is 1.78. The fourth-order valence-electron chi connectivity index (χ4n) is 6.43. The van der Waals surface area contributed by atoms with Crippen LogP contribution >= 0.6 is 0 Å². The van der Waals surface area contributed by atoms with Gasteiger partial charge in [0.2, 0.25) is 5.78 Å². The van der Waals surface area contributed by atoms with Gasteiger partial charge in [0.1, 0.15) is 11.8 Å². The van der Waals surface area contributed by atoms with Crippen LogP contribution in [0.25, 0.3) is 0 Å². The summed E-state index contributed by atoms with van der Waals surface area (Å²) in [5.74, 6) is -1.90. The first-order chi connectivity index (χ1) is 13.9. The van der Waals surface area contributed by atoms with Crippen molar-refractivity contribution in [2.45, 2.75) is 65.2 Å². The Bertz CT molecular complexity index is 930. The molecule has 2 saturated carbocycles. The van der Waals surface area contributed by atoms with E-state index in [2.05, 4.69) is 0 Å².